The van der Waals surface area contributed by atoms with Crippen molar-refractivity contribution in [3.8, 4) is 0 Å². The SMILES string of the molecule is CC(=O)Nc1ccc(N2C(=O)c3ccccc3NC23CCC(C)CC3)cc1. The number of carbonyl (C=O) groups excluding carboxylic acids is 2. The smallest absolute Gasteiger partial charge is 0.262 e. The van der Waals surface area contributed by atoms with Crippen molar-refractivity contribution in [2.75, 3.05) is 15.5 Å². The number of hydrogen-bond acceptors (Lipinski definition) is 3. The zero-order chi connectivity index (χ0) is 19.0. The largest absolute Gasteiger partial charge is 0.362 e. The third kappa shape index (κ3) is 3.18. The van der Waals surface area contributed by atoms with Gasteiger partial charge in [0.25, 0.3) is 5.91 Å². The Balaban J connectivity index is 1.75. The maximum atomic E-state index is 13.5. The lowest BCUT2D eigenvalue weighted by Crippen LogP contribution is -2.61. The van der Waals surface area contributed by atoms with Crippen molar-refractivity contribution in [1.29, 1.82) is 0 Å². The minimum Gasteiger partial charge on any atom is -0.362 e. The van der Waals surface area contributed by atoms with E-state index in [1.54, 1.807) is 0 Å². The molecule has 0 unspecified atom stereocenters. The Kier molecular flexibility index (Phi) is 4.38. The Morgan fingerprint density at radius 3 is 2.44 bits per heavy atom. The molecule has 1 aliphatic carbocycles. The molecule has 0 radical (unpaired) electrons. The Morgan fingerprint density at radius 1 is 1.11 bits per heavy atom. The van der Waals surface area contributed by atoms with Gasteiger partial charge in [-0.1, -0.05) is 19.1 Å². The summed E-state index contributed by atoms with van der Waals surface area (Å²) in [5, 5.41) is 6.47. The van der Waals surface area contributed by atoms with E-state index in [-0.39, 0.29) is 11.8 Å². The predicted molar refractivity (Wildman–Crippen MR) is 108 cm³/mol. The monoisotopic (exact) mass is 363 g/mol. The summed E-state index contributed by atoms with van der Waals surface area (Å²) in [7, 11) is 0. The van der Waals surface area contributed by atoms with Crippen LogP contribution in [0, 0.1) is 5.92 Å². The van der Waals surface area contributed by atoms with Crippen molar-refractivity contribution in [2.45, 2.75) is 45.2 Å². The number of nitrogens with zero attached hydrogens (tertiary/aromatic N) is 1. The highest BCUT2D eigenvalue weighted by molar-refractivity contribution is 6.12. The summed E-state index contributed by atoms with van der Waals surface area (Å²) in [5.74, 6) is 0.602. The molecule has 1 aliphatic heterocycles. The van der Waals surface area contributed by atoms with Gasteiger partial charge in [0.2, 0.25) is 5.91 Å². The quantitative estimate of drug-likeness (QED) is 0.818. The Bertz CT molecular complexity index is 867. The van der Waals surface area contributed by atoms with Gasteiger partial charge in [-0.15, -0.1) is 0 Å². The first-order valence-electron chi connectivity index (χ1n) is 9.58. The fourth-order valence-electron chi connectivity index (χ4n) is 4.25. The maximum absolute atomic E-state index is 13.5. The van der Waals surface area contributed by atoms with Crippen molar-refractivity contribution in [3.63, 3.8) is 0 Å². The van der Waals surface area contributed by atoms with E-state index in [0.717, 1.165) is 42.7 Å². The normalized spacial score (nSPS) is 24.3. The molecule has 140 valence electrons. The molecule has 1 heterocycles. The number of fused-ring (bicyclic) bond motifs is 1. The highest BCUT2D eigenvalue weighted by Gasteiger charge is 2.46. The van der Waals surface area contributed by atoms with Gasteiger partial charge in [0, 0.05) is 24.0 Å². The lowest BCUT2D eigenvalue weighted by Gasteiger charge is -2.51. The van der Waals surface area contributed by atoms with Gasteiger partial charge in [0.05, 0.1) is 5.56 Å². The van der Waals surface area contributed by atoms with Crippen LogP contribution in [-0.2, 0) is 4.79 Å². The molecule has 1 spiro atoms. The summed E-state index contributed by atoms with van der Waals surface area (Å²) in [6.45, 7) is 3.76. The van der Waals surface area contributed by atoms with Crippen molar-refractivity contribution in [2.24, 2.45) is 5.92 Å². The first-order chi connectivity index (χ1) is 13.0. The lowest BCUT2D eigenvalue weighted by molar-refractivity contribution is -0.114. The van der Waals surface area contributed by atoms with Crippen LogP contribution in [0.4, 0.5) is 17.1 Å². The van der Waals surface area contributed by atoms with Crippen LogP contribution in [0.3, 0.4) is 0 Å². The van der Waals surface area contributed by atoms with Gasteiger partial charge in [-0.2, -0.15) is 0 Å². The first-order valence-corrected chi connectivity index (χ1v) is 9.58. The van der Waals surface area contributed by atoms with Crippen molar-refractivity contribution in [1.82, 2.24) is 0 Å². The number of hydrogen-bond donors (Lipinski definition) is 2. The molecule has 0 saturated heterocycles. The minimum atomic E-state index is -0.395. The van der Waals surface area contributed by atoms with Crippen LogP contribution < -0.4 is 15.5 Å². The summed E-state index contributed by atoms with van der Waals surface area (Å²) < 4.78 is 0. The van der Waals surface area contributed by atoms with Crippen LogP contribution in [0.2, 0.25) is 0 Å². The number of nitrogens with one attached hydrogen (secondary N) is 2. The number of rotatable bonds is 2. The van der Waals surface area contributed by atoms with Crippen LogP contribution in [0.1, 0.15) is 49.9 Å². The summed E-state index contributed by atoms with van der Waals surface area (Å²) in [5.41, 5.74) is 2.81. The molecule has 0 atom stereocenters. The van der Waals surface area contributed by atoms with E-state index in [1.165, 1.54) is 6.92 Å². The van der Waals surface area contributed by atoms with E-state index in [9.17, 15) is 9.59 Å². The molecule has 2 aromatic carbocycles. The van der Waals surface area contributed by atoms with Gasteiger partial charge < -0.3 is 10.6 Å². The van der Waals surface area contributed by atoms with Crippen LogP contribution in [0.5, 0.6) is 0 Å². The number of para-hydroxylation sites is 1. The van der Waals surface area contributed by atoms with E-state index in [0.29, 0.717) is 11.5 Å². The average Bonchev–Trinajstić information content (AvgIpc) is 2.65. The zero-order valence-electron chi connectivity index (χ0n) is 15.8. The molecule has 2 amide bonds. The summed E-state index contributed by atoms with van der Waals surface area (Å²) >= 11 is 0. The molecular formula is C22H25N3O2. The standard InChI is InChI=1S/C22H25N3O2/c1-15-11-13-22(14-12-15)24-20-6-4-3-5-19(20)21(27)25(22)18-9-7-17(8-10-18)23-16(2)26/h3-10,15,24H,11-14H2,1-2H3,(H,23,26). The Hall–Kier alpha value is -2.82. The molecule has 5 heteroatoms. The van der Waals surface area contributed by atoms with Gasteiger partial charge in [-0.25, -0.2) is 0 Å². The van der Waals surface area contributed by atoms with E-state index in [4.69, 9.17) is 0 Å². The molecule has 1 saturated carbocycles. The van der Waals surface area contributed by atoms with Crippen LogP contribution in [0.25, 0.3) is 0 Å². The van der Waals surface area contributed by atoms with Crippen molar-refractivity contribution in [3.05, 3.63) is 54.1 Å². The first kappa shape index (κ1) is 17.6. The average molecular weight is 363 g/mol. The molecular weight excluding hydrogens is 338 g/mol. The molecule has 4 rings (SSSR count). The number of amides is 2. The molecule has 27 heavy (non-hydrogen) atoms. The van der Waals surface area contributed by atoms with E-state index in [1.807, 2.05) is 53.4 Å². The van der Waals surface area contributed by atoms with Gasteiger partial charge in [0.15, 0.2) is 0 Å². The van der Waals surface area contributed by atoms with Crippen molar-refractivity contribution >= 4 is 28.9 Å². The maximum Gasteiger partial charge on any atom is 0.262 e. The molecule has 2 aromatic rings. The predicted octanol–water partition coefficient (Wildman–Crippen LogP) is 4.62. The van der Waals surface area contributed by atoms with Gasteiger partial charge in [-0.05, 0) is 68.0 Å². The zero-order valence-corrected chi connectivity index (χ0v) is 15.8. The van der Waals surface area contributed by atoms with Crippen LogP contribution in [0.15, 0.2) is 48.5 Å². The Morgan fingerprint density at radius 2 is 1.78 bits per heavy atom. The molecule has 0 aromatic heterocycles. The lowest BCUT2D eigenvalue weighted by atomic mass is 9.79. The summed E-state index contributed by atoms with van der Waals surface area (Å²) in [6.07, 6.45) is 4.01. The second kappa shape index (κ2) is 6.72. The molecule has 0 bridgehead atoms. The van der Waals surface area contributed by atoms with Crippen LogP contribution in [-0.4, -0.2) is 17.5 Å². The molecule has 5 nitrogen and oxygen atoms in total. The van der Waals surface area contributed by atoms with Crippen LogP contribution >= 0.6 is 0 Å². The molecule has 2 aliphatic rings. The van der Waals surface area contributed by atoms with Gasteiger partial charge >= 0.3 is 0 Å². The topological polar surface area (TPSA) is 61.4 Å². The fourth-order valence-corrected chi connectivity index (χ4v) is 4.25. The summed E-state index contributed by atoms with van der Waals surface area (Å²) in [6, 6.07) is 15.3. The summed E-state index contributed by atoms with van der Waals surface area (Å²) in [4.78, 5) is 26.7. The van der Waals surface area contributed by atoms with E-state index >= 15 is 0 Å². The molecule has 2 N–H and O–H groups in total. The number of carbonyl (C=O) groups is 2. The third-order valence-corrected chi connectivity index (χ3v) is 5.70. The third-order valence-electron chi connectivity index (χ3n) is 5.70. The van der Waals surface area contributed by atoms with E-state index in [2.05, 4.69) is 17.6 Å². The highest BCUT2D eigenvalue weighted by Crippen LogP contribution is 2.44. The molecule has 1 fully saturated rings. The van der Waals surface area contributed by atoms with Crippen molar-refractivity contribution < 1.29 is 9.59 Å². The second-order valence-electron chi connectivity index (χ2n) is 7.75. The number of anilines is 3. The van der Waals surface area contributed by atoms with Gasteiger partial charge in [0.1, 0.15) is 5.66 Å². The minimum absolute atomic E-state index is 0.0335. The Labute approximate surface area is 159 Å². The number of benzene rings is 2. The van der Waals surface area contributed by atoms with Gasteiger partial charge in [-0.3, -0.25) is 14.5 Å². The highest BCUT2D eigenvalue weighted by atomic mass is 16.2. The second-order valence-corrected chi connectivity index (χ2v) is 7.75. The fraction of sp³-hybridized carbons (Fsp3) is 0.364. The van der Waals surface area contributed by atoms with E-state index < -0.39 is 5.66 Å².